The molecule has 0 radical (unpaired) electrons. The van der Waals surface area contributed by atoms with E-state index in [1.807, 2.05) is 26.0 Å². The number of carbonyl (C=O) groups excluding carboxylic acids is 1. The van der Waals surface area contributed by atoms with Crippen LogP contribution < -0.4 is 16.2 Å². The number of ether oxygens (including phenoxy) is 1. The van der Waals surface area contributed by atoms with Crippen molar-refractivity contribution in [2.24, 2.45) is 0 Å². The molecule has 3 N–H and O–H groups in total. The van der Waals surface area contributed by atoms with Gasteiger partial charge in [0, 0.05) is 17.2 Å². The number of nitrogens with one attached hydrogen (secondary N) is 3. The fourth-order valence-electron chi connectivity index (χ4n) is 2.65. The molecule has 0 bridgehead atoms. The van der Waals surface area contributed by atoms with Crippen molar-refractivity contribution >= 4 is 22.0 Å². The molecule has 0 heterocycles. The fourth-order valence-corrected chi connectivity index (χ4v) is 2.95. The van der Waals surface area contributed by atoms with Gasteiger partial charge in [-0.05, 0) is 57.3 Å². The Kier molecular flexibility index (Phi) is 14.6. The predicted molar refractivity (Wildman–Crippen MR) is 123 cm³/mol. The molecule has 0 saturated heterocycles. The summed E-state index contributed by atoms with van der Waals surface area (Å²) in [5.41, 5.74) is 9.98. The molecule has 0 aliphatic rings. The van der Waals surface area contributed by atoms with Gasteiger partial charge >= 0.3 is 6.09 Å². The second-order valence-corrected chi connectivity index (χ2v) is 7.62. The van der Waals surface area contributed by atoms with Crippen molar-refractivity contribution < 1.29 is 9.53 Å². The average molecular weight is 456 g/mol. The number of hydrazine groups is 1. The topological polar surface area (TPSA) is 62.4 Å². The van der Waals surface area contributed by atoms with Crippen molar-refractivity contribution in [3.05, 3.63) is 45.3 Å². The number of hydrogen-bond acceptors (Lipinski definition) is 4. The summed E-state index contributed by atoms with van der Waals surface area (Å²) < 4.78 is 6.49. The van der Waals surface area contributed by atoms with Crippen molar-refractivity contribution in [3.8, 4) is 0 Å². The van der Waals surface area contributed by atoms with Gasteiger partial charge in [0.25, 0.3) is 0 Å². The van der Waals surface area contributed by atoms with E-state index in [1.165, 1.54) is 5.57 Å². The van der Waals surface area contributed by atoms with Crippen LogP contribution in [-0.2, 0) is 4.74 Å². The minimum atomic E-state index is -0.411. The second kappa shape index (κ2) is 15.4. The molecule has 0 aromatic heterocycles. The minimum absolute atomic E-state index is 0.0996. The van der Waals surface area contributed by atoms with E-state index >= 15 is 0 Å². The maximum Gasteiger partial charge on any atom is 0.411 e. The highest BCUT2D eigenvalue weighted by Crippen LogP contribution is 2.20. The summed E-state index contributed by atoms with van der Waals surface area (Å²) in [6.07, 6.45) is 10.2. The molecule has 1 unspecified atom stereocenters. The van der Waals surface area contributed by atoms with Crippen LogP contribution in [0.4, 0.5) is 4.79 Å². The van der Waals surface area contributed by atoms with Crippen LogP contribution in [0.5, 0.6) is 0 Å². The van der Waals surface area contributed by atoms with E-state index in [2.05, 4.69) is 65.9 Å². The molecule has 28 heavy (non-hydrogen) atoms. The number of allylic oxidation sites excluding steroid dienone is 7. The smallest absolute Gasteiger partial charge is 0.411 e. The van der Waals surface area contributed by atoms with Crippen molar-refractivity contribution in [3.63, 3.8) is 0 Å². The summed E-state index contributed by atoms with van der Waals surface area (Å²) in [5.74, 6) is 0. The summed E-state index contributed by atoms with van der Waals surface area (Å²) in [7, 11) is 1.80. The van der Waals surface area contributed by atoms with Crippen LogP contribution in [0.1, 0.15) is 73.6 Å². The van der Waals surface area contributed by atoms with Gasteiger partial charge in [-0.25, -0.2) is 10.2 Å². The third kappa shape index (κ3) is 10.7. The van der Waals surface area contributed by atoms with E-state index in [9.17, 15) is 4.79 Å². The first-order valence-electron chi connectivity index (χ1n) is 10.2. The first kappa shape index (κ1) is 26.5. The molecule has 0 aromatic rings. The minimum Gasteiger partial charge on any atom is -0.446 e. The van der Waals surface area contributed by atoms with Gasteiger partial charge in [0.15, 0.2) is 0 Å². The molecule has 0 aliphatic carbocycles. The van der Waals surface area contributed by atoms with Crippen molar-refractivity contribution in [1.29, 1.82) is 0 Å². The summed E-state index contributed by atoms with van der Waals surface area (Å²) in [4.78, 5) is 12.3. The zero-order valence-corrected chi connectivity index (χ0v) is 20.1. The monoisotopic (exact) mass is 455 g/mol. The number of alkyl carbamates (subject to hydrolysis) is 1. The Labute approximate surface area is 179 Å². The van der Waals surface area contributed by atoms with Crippen LogP contribution in [-0.4, -0.2) is 19.2 Å². The number of carbonyl (C=O) groups is 1. The van der Waals surface area contributed by atoms with Crippen LogP contribution in [0.2, 0.25) is 0 Å². The van der Waals surface area contributed by atoms with E-state index in [0.717, 1.165) is 53.6 Å². The van der Waals surface area contributed by atoms with Crippen LogP contribution in [0.3, 0.4) is 0 Å². The van der Waals surface area contributed by atoms with Gasteiger partial charge in [0.1, 0.15) is 6.10 Å². The predicted octanol–water partition coefficient (Wildman–Crippen LogP) is 6.22. The summed E-state index contributed by atoms with van der Waals surface area (Å²) in [5, 5.41) is 2.94. The third-order valence-corrected chi connectivity index (χ3v) is 4.96. The van der Waals surface area contributed by atoms with Crippen molar-refractivity contribution in [1.82, 2.24) is 16.2 Å². The maximum absolute atomic E-state index is 12.3. The molecule has 0 spiro atoms. The van der Waals surface area contributed by atoms with Crippen LogP contribution in [0.25, 0.3) is 0 Å². The lowest BCUT2D eigenvalue weighted by molar-refractivity contribution is 0.104. The Morgan fingerprint density at radius 3 is 2.32 bits per heavy atom. The molecule has 0 fully saturated rings. The van der Waals surface area contributed by atoms with Crippen LogP contribution >= 0.6 is 15.9 Å². The Morgan fingerprint density at radius 1 is 1.11 bits per heavy atom. The van der Waals surface area contributed by atoms with Gasteiger partial charge in [-0.2, -0.15) is 0 Å². The second-order valence-electron chi connectivity index (χ2n) is 6.77. The lowest BCUT2D eigenvalue weighted by Crippen LogP contribution is -2.34. The Hall–Kier alpha value is -1.53. The molecule has 0 aromatic carbocycles. The average Bonchev–Trinajstić information content (AvgIpc) is 2.63. The van der Waals surface area contributed by atoms with Gasteiger partial charge in [0.2, 0.25) is 0 Å². The lowest BCUT2D eigenvalue weighted by Gasteiger charge is -2.19. The highest BCUT2D eigenvalue weighted by molar-refractivity contribution is 9.12. The normalized spacial score (nSPS) is 15.1. The zero-order valence-electron chi connectivity index (χ0n) is 18.5. The zero-order chi connectivity index (χ0) is 21.5. The molecule has 5 nitrogen and oxygen atoms in total. The lowest BCUT2D eigenvalue weighted by atomic mass is 10.1. The molecule has 0 rings (SSSR count). The molecule has 160 valence electrons. The molecular formula is C22H38BrN3O2. The Morgan fingerprint density at radius 2 is 1.79 bits per heavy atom. The van der Waals surface area contributed by atoms with E-state index in [4.69, 9.17) is 4.74 Å². The third-order valence-electron chi connectivity index (χ3n) is 4.07. The van der Waals surface area contributed by atoms with Gasteiger partial charge in [0.05, 0.1) is 5.70 Å². The van der Waals surface area contributed by atoms with Gasteiger partial charge in [-0.3, -0.25) is 5.32 Å². The van der Waals surface area contributed by atoms with Gasteiger partial charge in [-0.15, -0.1) is 0 Å². The number of rotatable bonds is 12. The quantitative estimate of drug-likeness (QED) is 0.241. The first-order chi connectivity index (χ1) is 13.3. The molecule has 0 aliphatic heterocycles. The largest absolute Gasteiger partial charge is 0.446 e. The van der Waals surface area contributed by atoms with E-state index < -0.39 is 6.09 Å². The van der Waals surface area contributed by atoms with Gasteiger partial charge < -0.3 is 10.2 Å². The van der Waals surface area contributed by atoms with E-state index in [0.29, 0.717) is 0 Å². The van der Waals surface area contributed by atoms with Crippen LogP contribution in [0.15, 0.2) is 45.3 Å². The highest BCUT2D eigenvalue weighted by Gasteiger charge is 2.14. The summed E-state index contributed by atoms with van der Waals surface area (Å²) in [6.45, 7) is 12.3. The summed E-state index contributed by atoms with van der Waals surface area (Å²) >= 11 is 3.62. The summed E-state index contributed by atoms with van der Waals surface area (Å²) in [6, 6.07) is 0. The van der Waals surface area contributed by atoms with E-state index in [1.54, 1.807) is 7.05 Å². The molecular weight excluding hydrogens is 418 g/mol. The number of amides is 1. The van der Waals surface area contributed by atoms with Crippen LogP contribution in [0, 0.1) is 0 Å². The number of hydrogen-bond donors (Lipinski definition) is 3. The molecule has 1 amide bonds. The molecule has 0 saturated carbocycles. The standard InChI is InChI=1S/C22H38BrN3O2/c1-8-11-16(4)19(23)15-14-17(5)21(26-24-7)20(13-10-3)25-22(27)28-18(6)12-9-2/h11,14-15,18,24,26H,8-10,12-13H2,1-7H3,(H,25,27)/b16-11+,17-14+,19-15+,21-20+. The first-order valence-corrected chi connectivity index (χ1v) is 10.9. The Bertz CT molecular complexity index is 607. The molecule has 6 heteroatoms. The fraction of sp³-hybridized carbons (Fsp3) is 0.591. The SMILES string of the molecule is CC/C=C(C)/C(Br)=C\C=C(C)\C(NNC)=C(\CCC)NC(=O)OC(C)CCC. The van der Waals surface area contributed by atoms with Crippen molar-refractivity contribution in [2.75, 3.05) is 7.05 Å². The van der Waals surface area contributed by atoms with Crippen molar-refractivity contribution in [2.45, 2.75) is 79.8 Å². The van der Waals surface area contributed by atoms with E-state index in [-0.39, 0.29) is 6.10 Å². The highest BCUT2D eigenvalue weighted by atomic mass is 79.9. The van der Waals surface area contributed by atoms with Gasteiger partial charge in [-0.1, -0.05) is 61.7 Å². The molecule has 1 atom stereocenters. The maximum atomic E-state index is 12.3. The number of halogens is 1. The Balaban J connectivity index is 5.66.